The molecule has 0 aromatic carbocycles. The second kappa shape index (κ2) is 8.16. The van der Waals surface area contributed by atoms with E-state index in [4.69, 9.17) is 15.7 Å². The van der Waals surface area contributed by atoms with Crippen LogP contribution in [0.5, 0.6) is 0 Å². The van der Waals surface area contributed by atoms with Crippen molar-refractivity contribution in [2.75, 3.05) is 5.73 Å². The van der Waals surface area contributed by atoms with Crippen LogP contribution in [0.2, 0.25) is 0 Å². The molecule has 0 radical (unpaired) electrons. The quantitative estimate of drug-likeness (QED) is 0.168. The van der Waals surface area contributed by atoms with Gasteiger partial charge in [0.15, 0.2) is 10.8 Å². The smallest absolute Gasteiger partial charge is 0.362 e. The number of hydrogen-bond donors (Lipinski definition) is 4. The van der Waals surface area contributed by atoms with Crippen molar-refractivity contribution in [3.63, 3.8) is 0 Å². The van der Waals surface area contributed by atoms with Gasteiger partial charge in [-0.1, -0.05) is 19.0 Å². The van der Waals surface area contributed by atoms with Crippen LogP contribution in [-0.4, -0.2) is 68.5 Å². The Labute approximate surface area is 175 Å². The summed E-state index contributed by atoms with van der Waals surface area (Å²) in [6.07, 6.45) is 0. The number of β-lactam (4-membered cyclic amide) rings is 1. The molecule has 1 aromatic heterocycles. The Morgan fingerprint density at radius 3 is 2.47 bits per heavy atom. The molecule has 0 saturated carbocycles. The van der Waals surface area contributed by atoms with Gasteiger partial charge in [-0.25, -0.2) is 14.1 Å². The normalized spacial score (nSPS) is 20.1. The highest BCUT2D eigenvalue weighted by molar-refractivity contribution is 7.84. The molecule has 5 N–H and O–H groups in total. The predicted molar refractivity (Wildman–Crippen MR) is 105 cm³/mol. The van der Waals surface area contributed by atoms with Gasteiger partial charge in [0, 0.05) is 5.38 Å². The van der Waals surface area contributed by atoms with Crippen LogP contribution >= 0.6 is 11.3 Å². The Kier molecular flexibility index (Phi) is 6.39. The van der Waals surface area contributed by atoms with E-state index in [-0.39, 0.29) is 15.1 Å². The average Bonchev–Trinajstić information content (AvgIpc) is 3.01. The van der Waals surface area contributed by atoms with Gasteiger partial charge < -0.3 is 21.0 Å². The number of oxime groups is 1. The molecule has 15 heteroatoms. The summed E-state index contributed by atoms with van der Waals surface area (Å²) in [6, 6.07) is -2.30. The number of nitrogens with zero attached hydrogens (tertiary/aromatic N) is 3. The van der Waals surface area contributed by atoms with Crippen LogP contribution in [0.15, 0.2) is 10.5 Å². The molecule has 1 aromatic rings. The summed E-state index contributed by atoms with van der Waals surface area (Å²) in [5.41, 5.74) is 3.30. The minimum atomic E-state index is -4.80. The number of hydrogen-bond acceptors (Lipinski definition) is 10. The number of thiazole rings is 1. The zero-order chi connectivity index (χ0) is 23.0. The Morgan fingerprint density at radius 2 is 2.03 bits per heavy atom. The molecule has 0 spiro atoms. The first kappa shape index (κ1) is 23.5. The Balaban J connectivity index is 2.33. The second-order valence-electron chi connectivity index (χ2n) is 7.22. The van der Waals surface area contributed by atoms with Crippen LogP contribution in [0.25, 0.3) is 0 Å². The van der Waals surface area contributed by atoms with Crippen molar-refractivity contribution in [3.8, 4) is 0 Å². The van der Waals surface area contributed by atoms with Crippen molar-refractivity contribution in [2.45, 2.75) is 45.4 Å². The van der Waals surface area contributed by atoms with Crippen molar-refractivity contribution in [1.29, 1.82) is 0 Å². The molecular weight excluding hydrogens is 442 g/mol. The fraction of sp³-hybridized carbons (Fsp3) is 0.533. The van der Waals surface area contributed by atoms with Crippen LogP contribution in [0, 0.1) is 5.92 Å². The first-order valence-corrected chi connectivity index (χ1v) is 10.8. The van der Waals surface area contributed by atoms with Crippen LogP contribution in [0.1, 0.15) is 33.4 Å². The number of carbonyl (C=O) groups is 3. The zero-order valence-electron chi connectivity index (χ0n) is 16.4. The maximum Gasteiger partial charge on any atom is 0.362 e. The van der Waals surface area contributed by atoms with Gasteiger partial charge in [0.1, 0.15) is 11.7 Å². The molecular formula is C15H21N5O8S2. The molecule has 1 saturated heterocycles. The molecule has 2 amide bonds. The van der Waals surface area contributed by atoms with Crippen molar-refractivity contribution in [1.82, 2.24) is 14.6 Å². The van der Waals surface area contributed by atoms with Crippen molar-refractivity contribution < 1.29 is 37.3 Å². The molecule has 166 valence electrons. The zero-order valence-corrected chi connectivity index (χ0v) is 18.0. The number of aliphatic carboxylic acids is 1. The lowest BCUT2D eigenvalue weighted by Crippen LogP contribution is -2.73. The van der Waals surface area contributed by atoms with Crippen molar-refractivity contribution >= 4 is 50.3 Å². The molecule has 1 aliphatic heterocycles. The topological polar surface area (TPSA) is 202 Å². The third-order valence-electron chi connectivity index (χ3n) is 4.17. The number of carboxylic acid groups (broad SMARTS) is 1. The summed E-state index contributed by atoms with van der Waals surface area (Å²) in [5.74, 6) is -3.79. The van der Waals surface area contributed by atoms with Crippen LogP contribution in [0.4, 0.5) is 5.13 Å². The summed E-state index contributed by atoms with van der Waals surface area (Å²) < 4.78 is 32.4. The average molecular weight is 463 g/mol. The standard InChI is InChI=1S/C15H21N5O8S2/c1-6(2)10-9(12(22)20(10)30(25,26)27)18-11(21)8(7-5-29-14(16)17-7)19-28-15(3,4)13(23)24/h5-6,9-10H,1-4H3,(H2,16,17)(H,18,21)(H,23,24)(H,25,26,27)/b19-8-. The van der Waals surface area contributed by atoms with E-state index in [1.165, 1.54) is 19.2 Å². The van der Waals surface area contributed by atoms with Gasteiger partial charge >= 0.3 is 16.3 Å². The van der Waals surface area contributed by atoms with E-state index in [2.05, 4.69) is 15.5 Å². The third-order valence-corrected chi connectivity index (χ3v) is 5.77. The third kappa shape index (κ3) is 4.68. The SMILES string of the molecule is CC(C)C1C(NC(=O)/C(=N\OC(C)(C)C(=O)O)c2csc(N)n2)C(=O)N1S(=O)(=O)O. The van der Waals surface area contributed by atoms with E-state index in [9.17, 15) is 27.4 Å². The first-order chi connectivity index (χ1) is 13.7. The van der Waals surface area contributed by atoms with Gasteiger partial charge in [0.25, 0.3) is 11.8 Å². The Hall–Kier alpha value is -2.78. The van der Waals surface area contributed by atoms with E-state index in [1.807, 2.05) is 0 Å². The second-order valence-corrected chi connectivity index (χ2v) is 9.39. The monoisotopic (exact) mass is 463 g/mol. The highest BCUT2D eigenvalue weighted by Crippen LogP contribution is 2.29. The number of nitrogens with two attached hydrogens (primary N) is 1. The van der Waals surface area contributed by atoms with E-state index in [0.29, 0.717) is 0 Å². The van der Waals surface area contributed by atoms with E-state index in [1.54, 1.807) is 13.8 Å². The summed E-state index contributed by atoms with van der Waals surface area (Å²) in [7, 11) is -4.80. The molecule has 2 atom stereocenters. The Bertz CT molecular complexity index is 1000. The lowest BCUT2D eigenvalue weighted by atomic mass is 9.88. The predicted octanol–water partition coefficient (Wildman–Crippen LogP) is -0.536. The lowest BCUT2D eigenvalue weighted by Gasteiger charge is -2.46. The largest absolute Gasteiger partial charge is 0.478 e. The highest BCUT2D eigenvalue weighted by Gasteiger charge is 2.55. The summed E-state index contributed by atoms with van der Waals surface area (Å²) >= 11 is 0.985. The number of nitrogens with one attached hydrogen (secondary N) is 1. The van der Waals surface area contributed by atoms with Crippen LogP contribution < -0.4 is 11.1 Å². The maximum absolute atomic E-state index is 12.8. The van der Waals surface area contributed by atoms with Crippen LogP contribution in [-0.2, 0) is 29.5 Å². The molecule has 13 nitrogen and oxygen atoms in total. The minimum absolute atomic E-state index is 0.0318. The molecule has 2 unspecified atom stereocenters. The fourth-order valence-electron chi connectivity index (χ4n) is 2.56. The number of rotatable bonds is 8. The molecule has 2 rings (SSSR count). The van der Waals surface area contributed by atoms with E-state index in [0.717, 1.165) is 11.3 Å². The highest BCUT2D eigenvalue weighted by atomic mass is 32.2. The number of anilines is 1. The van der Waals surface area contributed by atoms with Crippen LogP contribution in [0.3, 0.4) is 0 Å². The van der Waals surface area contributed by atoms with Gasteiger partial charge in [0.2, 0.25) is 5.60 Å². The minimum Gasteiger partial charge on any atom is -0.478 e. The summed E-state index contributed by atoms with van der Waals surface area (Å²) in [6.45, 7) is 5.61. The van der Waals surface area contributed by atoms with E-state index >= 15 is 0 Å². The number of amides is 2. The fourth-order valence-corrected chi connectivity index (χ4v) is 4.12. The summed E-state index contributed by atoms with van der Waals surface area (Å²) in [5, 5.41) is 16.5. The van der Waals surface area contributed by atoms with Gasteiger partial charge in [0.05, 0.1) is 6.04 Å². The molecule has 2 heterocycles. The molecule has 30 heavy (non-hydrogen) atoms. The molecule has 0 bridgehead atoms. The van der Waals surface area contributed by atoms with Gasteiger partial charge in [-0.2, -0.15) is 8.42 Å². The molecule has 1 aliphatic rings. The first-order valence-electron chi connectivity index (χ1n) is 8.49. The van der Waals surface area contributed by atoms with Crippen molar-refractivity contribution in [3.05, 3.63) is 11.1 Å². The van der Waals surface area contributed by atoms with Gasteiger partial charge in [-0.3, -0.25) is 14.1 Å². The number of carboxylic acids is 1. The summed E-state index contributed by atoms with van der Waals surface area (Å²) in [4.78, 5) is 45.1. The number of carbonyl (C=O) groups excluding carboxylic acids is 2. The lowest BCUT2D eigenvalue weighted by molar-refractivity contribution is -0.161. The van der Waals surface area contributed by atoms with Gasteiger partial charge in [-0.05, 0) is 19.8 Å². The molecule has 1 fully saturated rings. The molecule has 0 aliphatic carbocycles. The maximum atomic E-state index is 12.8. The van der Waals surface area contributed by atoms with E-state index < -0.39 is 57.4 Å². The van der Waals surface area contributed by atoms with Crippen molar-refractivity contribution in [2.24, 2.45) is 11.1 Å². The Morgan fingerprint density at radius 1 is 1.43 bits per heavy atom. The number of aromatic nitrogens is 1. The number of nitrogen functional groups attached to an aromatic ring is 1. The van der Waals surface area contributed by atoms with Gasteiger partial charge in [-0.15, -0.1) is 11.3 Å².